The molecule has 0 spiro atoms. The molecule has 0 aromatic rings. The Hall–Kier alpha value is -1.26. The second-order valence-corrected chi connectivity index (χ2v) is 5.29. The van der Waals surface area contributed by atoms with Crippen molar-refractivity contribution in [3.63, 3.8) is 0 Å². The average Bonchev–Trinajstić information content (AvgIpc) is 2.68. The van der Waals surface area contributed by atoms with Gasteiger partial charge in [0, 0.05) is 32.6 Å². The number of amides is 1. The Bertz CT molecular complexity index is 312. The second-order valence-electron chi connectivity index (χ2n) is 5.29. The van der Waals surface area contributed by atoms with Crippen LogP contribution >= 0.6 is 0 Å². The van der Waals surface area contributed by atoms with Crippen molar-refractivity contribution in [3.05, 3.63) is 0 Å². The van der Waals surface area contributed by atoms with Gasteiger partial charge < -0.3 is 16.0 Å². The number of rotatable bonds is 6. The smallest absolute Gasteiger partial charge is 0.222 e. The van der Waals surface area contributed by atoms with E-state index in [0.29, 0.717) is 11.9 Å². The van der Waals surface area contributed by atoms with Crippen LogP contribution in [0.25, 0.3) is 0 Å². The maximum absolute atomic E-state index is 11.4. The molecule has 5 heteroatoms. The van der Waals surface area contributed by atoms with Crippen LogP contribution in [0.15, 0.2) is 4.99 Å². The quantitative estimate of drug-likeness (QED) is 0.415. The molecule has 2 aliphatic rings. The molecule has 1 saturated carbocycles. The van der Waals surface area contributed by atoms with Crippen LogP contribution in [0.1, 0.15) is 38.5 Å². The number of hydrogen-bond acceptors (Lipinski definition) is 2. The van der Waals surface area contributed by atoms with E-state index in [2.05, 4.69) is 10.3 Å². The molecule has 102 valence electrons. The van der Waals surface area contributed by atoms with E-state index in [1.807, 2.05) is 4.90 Å². The first-order valence-electron chi connectivity index (χ1n) is 7.07. The van der Waals surface area contributed by atoms with E-state index in [4.69, 9.17) is 5.73 Å². The standard InChI is InChI=1S/C13H24N4O/c14-13(16-10-11-4-1-5-11)15-7-3-9-17-8-2-6-12(17)18/h11H,1-10H2,(H3,14,15,16). The Labute approximate surface area is 109 Å². The van der Waals surface area contributed by atoms with Gasteiger partial charge in [0.2, 0.25) is 5.91 Å². The lowest BCUT2D eigenvalue weighted by atomic mass is 9.86. The summed E-state index contributed by atoms with van der Waals surface area (Å²) in [4.78, 5) is 17.6. The molecule has 1 amide bonds. The summed E-state index contributed by atoms with van der Waals surface area (Å²) in [5, 5.41) is 3.11. The Morgan fingerprint density at radius 2 is 2.28 bits per heavy atom. The van der Waals surface area contributed by atoms with Gasteiger partial charge in [0.05, 0.1) is 0 Å². The minimum atomic E-state index is 0.293. The van der Waals surface area contributed by atoms with Gasteiger partial charge in [-0.1, -0.05) is 6.42 Å². The number of aliphatic imine (C=N–C) groups is 1. The number of nitrogens with two attached hydrogens (primary N) is 1. The van der Waals surface area contributed by atoms with Crippen molar-refractivity contribution >= 4 is 11.9 Å². The summed E-state index contributed by atoms with van der Waals surface area (Å²) in [6, 6.07) is 0. The maximum Gasteiger partial charge on any atom is 0.222 e. The van der Waals surface area contributed by atoms with E-state index in [-0.39, 0.29) is 0 Å². The first-order chi connectivity index (χ1) is 8.75. The molecule has 1 heterocycles. The number of hydrogen-bond donors (Lipinski definition) is 2. The summed E-state index contributed by atoms with van der Waals surface area (Å²) in [6.45, 7) is 3.42. The topological polar surface area (TPSA) is 70.7 Å². The summed E-state index contributed by atoms with van der Waals surface area (Å²) in [5.41, 5.74) is 5.78. The van der Waals surface area contributed by atoms with Crippen molar-refractivity contribution in [2.24, 2.45) is 16.6 Å². The van der Waals surface area contributed by atoms with Gasteiger partial charge in [-0.15, -0.1) is 0 Å². The van der Waals surface area contributed by atoms with Crippen LogP contribution in [0.2, 0.25) is 0 Å². The van der Waals surface area contributed by atoms with Crippen LogP contribution in [-0.2, 0) is 4.79 Å². The molecule has 2 rings (SSSR count). The van der Waals surface area contributed by atoms with Gasteiger partial charge in [0.1, 0.15) is 0 Å². The highest BCUT2D eigenvalue weighted by atomic mass is 16.2. The zero-order valence-electron chi connectivity index (χ0n) is 11.0. The van der Waals surface area contributed by atoms with Crippen LogP contribution in [0, 0.1) is 5.92 Å². The van der Waals surface area contributed by atoms with Crippen LogP contribution < -0.4 is 11.1 Å². The number of nitrogens with one attached hydrogen (secondary N) is 1. The molecule has 0 radical (unpaired) electrons. The Morgan fingerprint density at radius 3 is 2.89 bits per heavy atom. The molecular formula is C13H24N4O. The van der Waals surface area contributed by atoms with Gasteiger partial charge in [-0.2, -0.15) is 0 Å². The van der Waals surface area contributed by atoms with Gasteiger partial charge in [0.15, 0.2) is 5.96 Å². The predicted molar refractivity (Wildman–Crippen MR) is 72.3 cm³/mol. The van der Waals surface area contributed by atoms with Gasteiger partial charge in [-0.05, 0) is 31.6 Å². The fourth-order valence-electron chi connectivity index (χ4n) is 2.39. The third-order valence-electron chi connectivity index (χ3n) is 3.83. The summed E-state index contributed by atoms with van der Waals surface area (Å²) in [5.74, 6) is 1.60. The van der Waals surface area contributed by atoms with E-state index in [0.717, 1.165) is 51.4 Å². The van der Waals surface area contributed by atoms with Gasteiger partial charge >= 0.3 is 0 Å². The van der Waals surface area contributed by atoms with Crippen molar-refractivity contribution < 1.29 is 4.79 Å². The zero-order chi connectivity index (χ0) is 12.8. The van der Waals surface area contributed by atoms with E-state index in [9.17, 15) is 4.79 Å². The first kappa shape index (κ1) is 13.2. The molecule has 1 aliphatic heterocycles. The van der Waals surface area contributed by atoms with Crippen LogP contribution in [0.4, 0.5) is 0 Å². The highest BCUT2D eigenvalue weighted by molar-refractivity contribution is 5.78. The second kappa shape index (κ2) is 6.61. The van der Waals surface area contributed by atoms with E-state index >= 15 is 0 Å². The van der Waals surface area contributed by atoms with E-state index in [1.165, 1.54) is 19.3 Å². The molecule has 0 atom stereocenters. The fraction of sp³-hybridized carbons (Fsp3) is 0.846. The zero-order valence-corrected chi connectivity index (χ0v) is 11.0. The molecular weight excluding hydrogens is 228 g/mol. The van der Waals surface area contributed by atoms with Gasteiger partial charge in [0.25, 0.3) is 0 Å². The van der Waals surface area contributed by atoms with Crippen molar-refractivity contribution in [1.82, 2.24) is 10.2 Å². The number of guanidine groups is 1. The van der Waals surface area contributed by atoms with Crippen molar-refractivity contribution in [1.29, 1.82) is 0 Å². The minimum Gasteiger partial charge on any atom is -0.370 e. The Kier molecular flexibility index (Phi) is 4.84. The van der Waals surface area contributed by atoms with Crippen molar-refractivity contribution in [2.45, 2.75) is 38.5 Å². The molecule has 18 heavy (non-hydrogen) atoms. The molecule has 0 bridgehead atoms. The SMILES string of the molecule is NC(=NCC1CCC1)NCCCN1CCCC1=O. The van der Waals surface area contributed by atoms with E-state index in [1.54, 1.807) is 0 Å². The highest BCUT2D eigenvalue weighted by Gasteiger charge is 2.19. The average molecular weight is 252 g/mol. The monoisotopic (exact) mass is 252 g/mol. The van der Waals surface area contributed by atoms with Crippen LogP contribution in [0.3, 0.4) is 0 Å². The summed E-state index contributed by atoms with van der Waals surface area (Å²) in [6.07, 6.45) is 6.61. The van der Waals surface area contributed by atoms with Gasteiger partial charge in [-0.3, -0.25) is 9.79 Å². The molecule has 0 aromatic heterocycles. The molecule has 0 aromatic carbocycles. The normalized spacial score (nSPS) is 21.2. The number of carbonyl (C=O) groups is 1. The lowest BCUT2D eigenvalue weighted by Crippen LogP contribution is -2.35. The third kappa shape index (κ3) is 3.89. The largest absolute Gasteiger partial charge is 0.370 e. The number of nitrogens with zero attached hydrogens (tertiary/aromatic N) is 2. The van der Waals surface area contributed by atoms with Crippen molar-refractivity contribution in [3.8, 4) is 0 Å². The molecule has 5 nitrogen and oxygen atoms in total. The lowest BCUT2D eigenvalue weighted by Gasteiger charge is -2.23. The number of likely N-dealkylation sites (tertiary alicyclic amines) is 1. The molecule has 2 fully saturated rings. The molecule has 3 N–H and O–H groups in total. The highest BCUT2D eigenvalue weighted by Crippen LogP contribution is 2.26. The maximum atomic E-state index is 11.4. The summed E-state index contributed by atoms with van der Waals surface area (Å²) in [7, 11) is 0. The Balaban J connectivity index is 1.52. The number of carbonyl (C=O) groups excluding carboxylic acids is 1. The van der Waals surface area contributed by atoms with E-state index < -0.39 is 0 Å². The Morgan fingerprint density at radius 1 is 1.44 bits per heavy atom. The molecule has 1 aliphatic carbocycles. The predicted octanol–water partition coefficient (Wildman–Crippen LogP) is 0.703. The minimum absolute atomic E-state index is 0.293. The molecule has 0 unspecified atom stereocenters. The van der Waals surface area contributed by atoms with Crippen molar-refractivity contribution in [2.75, 3.05) is 26.2 Å². The fourth-order valence-corrected chi connectivity index (χ4v) is 2.39. The van der Waals surface area contributed by atoms with Gasteiger partial charge in [-0.25, -0.2) is 0 Å². The van der Waals surface area contributed by atoms with Crippen LogP contribution in [-0.4, -0.2) is 42.9 Å². The lowest BCUT2D eigenvalue weighted by molar-refractivity contribution is -0.127. The summed E-state index contributed by atoms with van der Waals surface area (Å²) >= 11 is 0. The third-order valence-corrected chi connectivity index (χ3v) is 3.83. The first-order valence-corrected chi connectivity index (χ1v) is 7.07. The van der Waals surface area contributed by atoms with Crippen LogP contribution in [0.5, 0.6) is 0 Å². The summed E-state index contributed by atoms with van der Waals surface area (Å²) < 4.78 is 0. The molecule has 1 saturated heterocycles.